The van der Waals surface area contributed by atoms with Gasteiger partial charge in [-0.25, -0.2) is 4.98 Å². The summed E-state index contributed by atoms with van der Waals surface area (Å²) in [5, 5.41) is 4.24. The summed E-state index contributed by atoms with van der Waals surface area (Å²) in [4.78, 5) is 4.32. The molecule has 0 saturated carbocycles. The van der Waals surface area contributed by atoms with E-state index in [1.54, 1.807) is 6.33 Å². The zero-order chi connectivity index (χ0) is 13.8. The minimum Gasteiger partial charge on any atom is -0.324 e. The highest BCUT2D eigenvalue weighted by atomic mass is 15.3. The quantitative estimate of drug-likeness (QED) is 0.896. The maximum atomic E-state index is 6.32. The summed E-state index contributed by atoms with van der Waals surface area (Å²) in [6, 6.07) is 6.38. The van der Waals surface area contributed by atoms with Crippen molar-refractivity contribution < 1.29 is 0 Å². The summed E-state index contributed by atoms with van der Waals surface area (Å²) in [5.41, 5.74) is 10.0. The molecule has 0 fully saturated rings. The van der Waals surface area contributed by atoms with Gasteiger partial charge in [-0.05, 0) is 31.4 Å². The van der Waals surface area contributed by atoms with E-state index in [2.05, 4.69) is 49.1 Å². The van der Waals surface area contributed by atoms with Gasteiger partial charge in [0.1, 0.15) is 12.2 Å². The van der Waals surface area contributed by atoms with Crippen LogP contribution in [0, 0.1) is 13.8 Å². The molecule has 1 heterocycles. The molecule has 2 rings (SSSR count). The average Bonchev–Trinajstić information content (AvgIpc) is 2.77. The maximum Gasteiger partial charge on any atom is 0.138 e. The molecule has 0 spiro atoms. The molecule has 1 aromatic carbocycles. The molecule has 102 valence electrons. The highest BCUT2D eigenvalue weighted by molar-refractivity contribution is 5.33. The minimum atomic E-state index is -0.0274. The largest absolute Gasteiger partial charge is 0.324 e. The number of nitrogens with two attached hydrogens (primary N) is 1. The summed E-state index contributed by atoms with van der Waals surface area (Å²) in [5.74, 6) is 0.967. The SMILES string of the molecule is CCCn1ncnc1CC(N)c1ccc(C)cc1C. The van der Waals surface area contributed by atoms with Gasteiger partial charge in [-0.2, -0.15) is 5.10 Å². The first-order chi connectivity index (χ1) is 9.11. The average molecular weight is 258 g/mol. The van der Waals surface area contributed by atoms with Crippen LogP contribution in [0.5, 0.6) is 0 Å². The second-order valence-corrected chi connectivity index (χ2v) is 5.07. The van der Waals surface area contributed by atoms with Gasteiger partial charge in [0.15, 0.2) is 0 Å². The van der Waals surface area contributed by atoms with Gasteiger partial charge in [0.05, 0.1) is 0 Å². The van der Waals surface area contributed by atoms with Crippen molar-refractivity contribution in [2.75, 3.05) is 0 Å². The highest BCUT2D eigenvalue weighted by Crippen LogP contribution is 2.20. The normalized spacial score (nSPS) is 12.6. The topological polar surface area (TPSA) is 56.7 Å². The lowest BCUT2D eigenvalue weighted by Gasteiger charge is -2.15. The number of aromatic nitrogens is 3. The summed E-state index contributed by atoms with van der Waals surface area (Å²) in [6.45, 7) is 7.24. The lowest BCUT2D eigenvalue weighted by molar-refractivity contribution is 0.547. The second-order valence-electron chi connectivity index (χ2n) is 5.07. The van der Waals surface area contributed by atoms with Crippen LogP contribution in [0.4, 0.5) is 0 Å². The molecule has 2 aromatic rings. The van der Waals surface area contributed by atoms with E-state index in [-0.39, 0.29) is 6.04 Å². The Hall–Kier alpha value is -1.68. The number of aryl methyl sites for hydroxylation is 3. The molecule has 0 bridgehead atoms. The molecule has 2 N–H and O–H groups in total. The molecule has 19 heavy (non-hydrogen) atoms. The smallest absolute Gasteiger partial charge is 0.138 e. The van der Waals surface area contributed by atoms with Crippen molar-refractivity contribution in [1.82, 2.24) is 14.8 Å². The number of rotatable bonds is 5. The molecule has 0 radical (unpaired) electrons. The molecule has 0 aliphatic rings. The van der Waals surface area contributed by atoms with E-state index < -0.39 is 0 Å². The van der Waals surface area contributed by atoms with Gasteiger partial charge in [-0.1, -0.05) is 30.7 Å². The standard InChI is InChI=1S/C15H22N4/c1-4-7-19-15(17-10-18-19)9-14(16)13-6-5-11(2)8-12(13)3/h5-6,8,10,14H,4,7,9,16H2,1-3H3. The number of benzene rings is 1. The first-order valence-electron chi connectivity index (χ1n) is 6.81. The lowest BCUT2D eigenvalue weighted by Crippen LogP contribution is -2.18. The third-order valence-corrected chi connectivity index (χ3v) is 3.36. The fourth-order valence-corrected chi connectivity index (χ4v) is 2.39. The molecular weight excluding hydrogens is 236 g/mol. The van der Waals surface area contributed by atoms with Crippen molar-refractivity contribution in [2.24, 2.45) is 5.73 Å². The highest BCUT2D eigenvalue weighted by Gasteiger charge is 2.13. The van der Waals surface area contributed by atoms with E-state index in [0.29, 0.717) is 0 Å². The van der Waals surface area contributed by atoms with Gasteiger partial charge in [-0.3, -0.25) is 4.68 Å². The van der Waals surface area contributed by atoms with Gasteiger partial charge in [-0.15, -0.1) is 0 Å². The molecule has 4 nitrogen and oxygen atoms in total. The Morgan fingerprint density at radius 3 is 2.79 bits per heavy atom. The minimum absolute atomic E-state index is 0.0274. The van der Waals surface area contributed by atoms with Crippen LogP contribution in [0.2, 0.25) is 0 Å². The second kappa shape index (κ2) is 5.97. The van der Waals surface area contributed by atoms with Gasteiger partial charge in [0.25, 0.3) is 0 Å². The molecule has 0 saturated heterocycles. The summed E-state index contributed by atoms with van der Waals surface area (Å²) in [6.07, 6.45) is 3.39. The van der Waals surface area contributed by atoms with Crippen LogP contribution >= 0.6 is 0 Å². The van der Waals surface area contributed by atoms with E-state index >= 15 is 0 Å². The Morgan fingerprint density at radius 2 is 2.11 bits per heavy atom. The molecule has 0 amide bonds. The lowest BCUT2D eigenvalue weighted by atomic mass is 9.97. The zero-order valence-electron chi connectivity index (χ0n) is 11.9. The number of nitrogens with zero attached hydrogens (tertiary/aromatic N) is 3. The molecule has 4 heteroatoms. The van der Waals surface area contributed by atoms with Crippen molar-refractivity contribution in [2.45, 2.75) is 46.2 Å². The monoisotopic (exact) mass is 258 g/mol. The fourth-order valence-electron chi connectivity index (χ4n) is 2.39. The Balaban J connectivity index is 2.16. The Labute approximate surface area is 114 Å². The zero-order valence-corrected chi connectivity index (χ0v) is 11.9. The van der Waals surface area contributed by atoms with E-state index in [1.165, 1.54) is 16.7 Å². The van der Waals surface area contributed by atoms with Gasteiger partial charge >= 0.3 is 0 Å². The Bertz CT molecular complexity index is 545. The van der Waals surface area contributed by atoms with Crippen LogP contribution in [0.3, 0.4) is 0 Å². The number of hydrogen-bond donors (Lipinski definition) is 1. The molecule has 1 aromatic heterocycles. The van der Waals surface area contributed by atoms with E-state index in [4.69, 9.17) is 5.73 Å². The maximum absolute atomic E-state index is 6.32. The van der Waals surface area contributed by atoms with Gasteiger partial charge < -0.3 is 5.73 Å². The third kappa shape index (κ3) is 3.20. The Morgan fingerprint density at radius 1 is 1.32 bits per heavy atom. The molecule has 1 atom stereocenters. The van der Waals surface area contributed by atoms with Crippen molar-refractivity contribution >= 4 is 0 Å². The molecule has 0 aliphatic carbocycles. The van der Waals surface area contributed by atoms with Crippen LogP contribution in [0.1, 0.15) is 41.9 Å². The van der Waals surface area contributed by atoms with E-state index in [1.807, 2.05) is 4.68 Å². The van der Waals surface area contributed by atoms with Crippen molar-refractivity contribution in [3.05, 3.63) is 47.0 Å². The third-order valence-electron chi connectivity index (χ3n) is 3.36. The predicted molar refractivity (Wildman–Crippen MR) is 76.9 cm³/mol. The van der Waals surface area contributed by atoms with Crippen molar-refractivity contribution in [3.8, 4) is 0 Å². The van der Waals surface area contributed by atoms with Crippen LogP contribution in [-0.4, -0.2) is 14.8 Å². The van der Waals surface area contributed by atoms with Crippen LogP contribution in [0.15, 0.2) is 24.5 Å². The fraction of sp³-hybridized carbons (Fsp3) is 0.467. The first-order valence-corrected chi connectivity index (χ1v) is 6.81. The van der Waals surface area contributed by atoms with Crippen LogP contribution < -0.4 is 5.73 Å². The predicted octanol–water partition coefficient (Wildman–Crippen LogP) is 2.55. The van der Waals surface area contributed by atoms with Gasteiger partial charge in [0, 0.05) is 19.0 Å². The van der Waals surface area contributed by atoms with Crippen molar-refractivity contribution in [1.29, 1.82) is 0 Å². The molecular formula is C15H22N4. The summed E-state index contributed by atoms with van der Waals surface area (Å²) in [7, 11) is 0. The van der Waals surface area contributed by atoms with Crippen molar-refractivity contribution in [3.63, 3.8) is 0 Å². The summed E-state index contributed by atoms with van der Waals surface area (Å²) >= 11 is 0. The Kier molecular flexibility index (Phi) is 4.32. The molecule has 0 aliphatic heterocycles. The first kappa shape index (κ1) is 13.7. The van der Waals surface area contributed by atoms with E-state index in [0.717, 1.165) is 25.2 Å². The van der Waals surface area contributed by atoms with Crippen LogP contribution in [0.25, 0.3) is 0 Å². The molecule has 1 unspecified atom stereocenters. The number of hydrogen-bond acceptors (Lipinski definition) is 3. The van der Waals surface area contributed by atoms with Crippen LogP contribution in [-0.2, 0) is 13.0 Å². The van der Waals surface area contributed by atoms with Gasteiger partial charge in [0.2, 0.25) is 0 Å². The summed E-state index contributed by atoms with van der Waals surface area (Å²) < 4.78 is 1.95. The van der Waals surface area contributed by atoms with E-state index in [9.17, 15) is 0 Å².